The first-order valence-electron chi connectivity index (χ1n) is 12.6. The summed E-state index contributed by atoms with van der Waals surface area (Å²) in [5.74, 6) is 1.71. The second-order valence-corrected chi connectivity index (χ2v) is 23.9. The van der Waals surface area contributed by atoms with Crippen LogP contribution in [0.2, 0.25) is 14.7 Å². The van der Waals surface area contributed by atoms with Gasteiger partial charge in [0.1, 0.15) is 0 Å². The summed E-state index contributed by atoms with van der Waals surface area (Å²) < 4.78 is 1.02. The SMILES string of the molecule is C=C(C(=C)c1ccccc1)c1ccccc1.[CH3][Ti]([CH3])([PH]c1ccccc1)[CH]1CCC2C=CC=CC21.[SiH4]. The third-order valence-electron chi connectivity index (χ3n) is 7.35. The second-order valence-electron chi connectivity index (χ2n) is 10.1. The Labute approximate surface area is 227 Å². The van der Waals surface area contributed by atoms with Crippen molar-refractivity contribution in [2.24, 2.45) is 11.8 Å². The average molecular weight is 545 g/mol. The molecule has 0 amide bonds. The van der Waals surface area contributed by atoms with Gasteiger partial charge in [-0.15, -0.1) is 0 Å². The van der Waals surface area contributed by atoms with E-state index in [-0.39, 0.29) is 11.0 Å². The monoisotopic (exact) mass is 544 g/mol. The maximum absolute atomic E-state index is 4.10. The van der Waals surface area contributed by atoms with E-state index in [0.717, 1.165) is 44.9 Å². The minimum atomic E-state index is -1.73. The molecular formula is C33H41PSiTi. The Bertz CT molecular complexity index is 1130. The van der Waals surface area contributed by atoms with Crippen LogP contribution in [0.3, 0.4) is 0 Å². The Hall–Kier alpha value is -2.02. The predicted octanol–water partition coefficient (Wildman–Crippen LogP) is 8.06. The van der Waals surface area contributed by atoms with Crippen molar-refractivity contribution < 1.29 is 16.1 Å². The summed E-state index contributed by atoms with van der Waals surface area (Å²) >= 11 is -1.73. The normalized spacial score (nSPS) is 20.2. The van der Waals surface area contributed by atoms with Crippen molar-refractivity contribution in [3.8, 4) is 0 Å². The molecule has 0 bridgehead atoms. The van der Waals surface area contributed by atoms with Crippen LogP contribution >= 0.6 is 6.57 Å². The van der Waals surface area contributed by atoms with Gasteiger partial charge >= 0.3 is 122 Å². The first kappa shape index (κ1) is 28.6. The molecule has 0 spiro atoms. The van der Waals surface area contributed by atoms with Crippen LogP contribution in [-0.2, 0) is 16.1 Å². The minimum absolute atomic E-state index is 0. The molecule has 0 nitrogen and oxygen atoms in total. The van der Waals surface area contributed by atoms with Gasteiger partial charge in [0.2, 0.25) is 0 Å². The van der Waals surface area contributed by atoms with Gasteiger partial charge in [-0.1, -0.05) is 73.8 Å². The number of fused-ring (bicyclic) bond motifs is 1. The van der Waals surface area contributed by atoms with Crippen LogP contribution in [0.4, 0.5) is 0 Å². The molecule has 3 aromatic carbocycles. The molecule has 0 radical (unpaired) electrons. The standard InChI is InChI=1S/C16H14.C9H11.C6H6P.2CH3.H4Si.Ti/c1-13(15-9-5-3-6-10-15)14(2)16-11-7-4-8-12-16;1-2-5-9-7-3-6-8(9)4-1;7-6-4-2-1-3-5-6;;;;/h3-12H,1-2H2;1-2,4-6,8-9H,3,7H2;1-5,7H;2*1H3;1H4;/q;;-1;;;;+1. The molecule has 3 heteroatoms. The molecule has 36 heavy (non-hydrogen) atoms. The van der Waals surface area contributed by atoms with Gasteiger partial charge < -0.3 is 0 Å². The van der Waals surface area contributed by atoms with Crippen LogP contribution in [0.25, 0.3) is 11.1 Å². The molecule has 2 aliphatic carbocycles. The zero-order valence-corrected chi connectivity index (χ0v) is 23.6. The van der Waals surface area contributed by atoms with Crippen LogP contribution in [-0.4, -0.2) is 11.0 Å². The van der Waals surface area contributed by atoms with E-state index < -0.39 is 16.1 Å². The molecule has 0 saturated heterocycles. The minimum Gasteiger partial charge on any atom is -0.0149 e. The van der Waals surface area contributed by atoms with Gasteiger partial charge in [-0.3, -0.25) is 0 Å². The van der Waals surface area contributed by atoms with Crippen molar-refractivity contribution in [2.75, 3.05) is 0 Å². The Morgan fingerprint density at radius 3 is 1.69 bits per heavy atom. The van der Waals surface area contributed by atoms with E-state index in [0.29, 0.717) is 0 Å². The molecule has 4 unspecified atom stereocenters. The number of hydrogen-bond acceptors (Lipinski definition) is 0. The van der Waals surface area contributed by atoms with Crippen LogP contribution in [0.15, 0.2) is 128 Å². The van der Waals surface area contributed by atoms with Crippen molar-refractivity contribution in [2.45, 2.75) is 27.5 Å². The molecular weight excluding hydrogens is 503 g/mol. The quantitative estimate of drug-likeness (QED) is 0.167. The fourth-order valence-corrected chi connectivity index (χ4v) is 16.7. The molecule has 186 valence electrons. The molecule has 2 aliphatic rings. The van der Waals surface area contributed by atoms with E-state index in [2.05, 4.69) is 103 Å². The zero-order valence-electron chi connectivity index (χ0n) is 21.0. The molecule has 1 saturated carbocycles. The second kappa shape index (κ2) is 13.5. The van der Waals surface area contributed by atoms with Gasteiger partial charge in [0.15, 0.2) is 0 Å². The van der Waals surface area contributed by atoms with Gasteiger partial charge in [-0.25, -0.2) is 0 Å². The maximum atomic E-state index is 4.10. The van der Waals surface area contributed by atoms with Crippen LogP contribution in [0.5, 0.6) is 0 Å². The topological polar surface area (TPSA) is 0 Å². The Morgan fingerprint density at radius 2 is 1.17 bits per heavy atom. The molecule has 0 N–H and O–H groups in total. The average Bonchev–Trinajstić information content (AvgIpc) is 3.35. The summed E-state index contributed by atoms with van der Waals surface area (Å²) in [5.41, 5.74) is 4.20. The number of allylic oxidation sites excluding steroid dienone is 6. The van der Waals surface area contributed by atoms with Crippen LogP contribution in [0, 0.1) is 11.8 Å². The summed E-state index contributed by atoms with van der Waals surface area (Å²) in [6.45, 7) is 9.30. The third kappa shape index (κ3) is 7.27. The summed E-state index contributed by atoms with van der Waals surface area (Å²) in [7, 11) is 0. The smallest absolute Gasteiger partial charge is 0.0149 e. The van der Waals surface area contributed by atoms with Gasteiger partial charge in [0, 0.05) is 0 Å². The van der Waals surface area contributed by atoms with Gasteiger partial charge in [-0.05, 0) is 33.2 Å². The summed E-state index contributed by atoms with van der Waals surface area (Å²) in [5, 5.41) is 6.90. The van der Waals surface area contributed by atoms with Crippen molar-refractivity contribution >= 4 is 34.0 Å². The molecule has 4 atom stereocenters. The van der Waals surface area contributed by atoms with E-state index in [9.17, 15) is 0 Å². The molecule has 5 rings (SSSR count). The van der Waals surface area contributed by atoms with Gasteiger partial charge in [0.25, 0.3) is 0 Å². The Kier molecular flexibility index (Phi) is 10.7. The maximum Gasteiger partial charge on any atom is -0.0149 e. The summed E-state index contributed by atoms with van der Waals surface area (Å²) in [4.78, 5) is 0. The molecule has 3 aromatic rings. The van der Waals surface area contributed by atoms with E-state index >= 15 is 0 Å². The van der Waals surface area contributed by atoms with E-state index in [1.807, 2.05) is 36.4 Å². The molecule has 0 aliphatic heterocycles. The number of rotatable bonds is 6. The van der Waals surface area contributed by atoms with Crippen molar-refractivity contribution in [3.05, 3.63) is 140 Å². The fraction of sp³-hybridized carbons (Fsp3) is 0.212. The number of hydrogen-bond donors (Lipinski definition) is 0. The largest absolute Gasteiger partial charge is 0.0149 e. The summed E-state index contributed by atoms with van der Waals surface area (Å²) in [6, 6.07) is 31.4. The van der Waals surface area contributed by atoms with Crippen molar-refractivity contribution in [1.29, 1.82) is 0 Å². The van der Waals surface area contributed by atoms with Crippen LogP contribution < -0.4 is 5.30 Å². The molecule has 0 heterocycles. The fourth-order valence-electron chi connectivity index (χ4n) is 5.41. The predicted molar refractivity (Wildman–Crippen MR) is 167 cm³/mol. The molecule has 1 fully saturated rings. The van der Waals surface area contributed by atoms with Gasteiger partial charge in [-0.2, -0.15) is 0 Å². The summed E-state index contributed by atoms with van der Waals surface area (Å²) in [6.07, 6.45) is 12.4. The van der Waals surface area contributed by atoms with Crippen molar-refractivity contribution in [1.82, 2.24) is 0 Å². The van der Waals surface area contributed by atoms with Gasteiger partial charge in [0.05, 0.1) is 0 Å². The molecule has 0 aromatic heterocycles. The van der Waals surface area contributed by atoms with E-state index in [1.165, 1.54) is 12.8 Å². The first-order valence-corrected chi connectivity index (χ1v) is 20.0. The first-order chi connectivity index (χ1) is 17.0. The Balaban J connectivity index is 0.000000198. The third-order valence-corrected chi connectivity index (χ3v) is 18.5. The Morgan fingerprint density at radius 1 is 0.694 bits per heavy atom. The van der Waals surface area contributed by atoms with E-state index in [1.54, 1.807) is 5.30 Å². The van der Waals surface area contributed by atoms with E-state index in [4.69, 9.17) is 0 Å². The van der Waals surface area contributed by atoms with Crippen molar-refractivity contribution in [3.63, 3.8) is 0 Å². The number of benzene rings is 3. The van der Waals surface area contributed by atoms with Crippen LogP contribution in [0.1, 0.15) is 24.0 Å². The zero-order chi connectivity index (χ0) is 24.7.